The Morgan fingerprint density at radius 3 is 2.60 bits per heavy atom. The Morgan fingerprint density at radius 1 is 1.08 bits per heavy atom. The van der Waals surface area contributed by atoms with Crippen molar-refractivity contribution in [2.24, 2.45) is 0 Å². The Bertz CT molecular complexity index is 899. The van der Waals surface area contributed by atoms with Gasteiger partial charge in [0.2, 0.25) is 0 Å². The highest BCUT2D eigenvalue weighted by molar-refractivity contribution is 7.80. The predicted molar refractivity (Wildman–Crippen MR) is 107 cm³/mol. The lowest BCUT2D eigenvalue weighted by Gasteiger charge is -2.34. The van der Waals surface area contributed by atoms with Gasteiger partial charge in [0, 0.05) is 19.1 Å². The van der Waals surface area contributed by atoms with Crippen LogP contribution in [0, 0.1) is 0 Å². The Hall–Kier alpha value is -2.11. The summed E-state index contributed by atoms with van der Waals surface area (Å²) in [7, 11) is 0. The molecule has 0 spiro atoms. The minimum absolute atomic E-state index is 0.465. The first-order valence-electron chi connectivity index (χ1n) is 8.44. The number of aromatic nitrogens is 2. The van der Waals surface area contributed by atoms with Crippen molar-refractivity contribution in [2.75, 3.05) is 18.4 Å². The van der Waals surface area contributed by atoms with E-state index in [1.165, 1.54) is 5.52 Å². The van der Waals surface area contributed by atoms with Gasteiger partial charge in [-0.3, -0.25) is 0 Å². The second-order valence-corrected chi connectivity index (χ2v) is 7.06. The fourth-order valence-corrected chi connectivity index (χ4v) is 3.85. The minimum atomic E-state index is 0.465. The molecule has 1 aromatic heterocycles. The van der Waals surface area contributed by atoms with Gasteiger partial charge in [0.05, 0.1) is 28.1 Å². The molecule has 128 valence electrons. The number of anilines is 1. The number of hydrogen-bond acceptors (Lipinski definition) is 2. The van der Waals surface area contributed by atoms with Crippen molar-refractivity contribution >= 4 is 45.7 Å². The number of fused-ring (bicyclic) bond motifs is 1. The summed E-state index contributed by atoms with van der Waals surface area (Å²) in [6.45, 7) is 1.85. The zero-order chi connectivity index (χ0) is 17.2. The molecule has 1 N–H and O–H groups in total. The molecule has 4 nitrogen and oxygen atoms in total. The number of piperidine rings is 1. The van der Waals surface area contributed by atoms with Crippen molar-refractivity contribution in [3.63, 3.8) is 0 Å². The lowest BCUT2D eigenvalue weighted by molar-refractivity contribution is 0.272. The fraction of sp³-hybridized carbons (Fsp3) is 0.263. The van der Waals surface area contributed by atoms with E-state index in [2.05, 4.69) is 38.0 Å². The van der Waals surface area contributed by atoms with Crippen LogP contribution in [0.15, 0.2) is 54.9 Å². The summed E-state index contributed by atoms with van der Waals surface area (Å²) in [6.07, 6.45) is 4.06. The maximum absolute atomic E-state index is 6.20. The van der Waals surface area contributed by atoms with Crippen molar-refractivity contribution in [3.05, 3.63) is 59.9 Å². The summed E-state index contributed by atoms with van der Waals surface area (Å²) >= 11 is 11.8. The molecule has 0 aliphatic carbocycles. The number of hydrogen-bond donors (Lipinski definition) is 1. The predicted octanol–water partition coefficient (Wildman–Crippen LogP) is 4.72. The van der Waals surface area contributed by atoms with Gasteiger partial charge in [-0.15, -0.1) is 0 Å². The van der Waals surface area contributed by atoms with Crippen molar-refractivity contribution < 1.29 is 0 Å². The van der Waals surface area contributed by atoms with Gasteiger partial charge >= 0.3 is 0 Å². The van der Waals surface area contributed by atoms with Crippen LogP contribution in [-0.2, 0) is 0 Å². The smallest absolute Gasteiger partial charge is 0.173 e. The molecule has 0 radical (unpaired) electrons. The number of nitrogens with zero attached hydrogens (tertiary/aromatic N) is 3. The van der Waals surface area contributed by atoms with Crippen molar-refractivity contribution in [1.29, 1.82) is 0 Å². The van der Waals surface area contributed by atoms with Crippen molar-refractivity contribution in [3.8, 4) is 0 Å². The Labute approximate surface area is 157 Å². The molecule has 3 aromatic rings. The number of thiocarbonyl (C=S) groups is 1. The number of rotatable bonds is 2. The van der Waals surface area contributed by atoms with Gasteiger partial charge in [0.1, 0.15) is 0 Å². The van der Waals surface area contributed by atoms with Gasteiger partial charge < -0.3 is 14.8 Å². The molecular formula is C19H19ClN4S. The summed E-state index contributed by atoms with van der Waals surface area (Å²) in [5.74, 6) is 0. The minimum Gasteiger partial charge on any atom is -0.349 e. The molecule has 25 heavy (non-hydrogen) atoms. The van der Waals surface area contributed by atoms with Gasteiger partial charge in [0.25, 0.3) is 0 Å². The molecule has 2 aromatic carbocycles. The molecule has 0 unspecified atom stereocenters. The molecular weight excluding hydrogens is 352 g/mol. The first-order valence-corrected chi connectivity index (χ1v) is 9.23. The van der Waals surface area contributed by atoms with Crippen LogP contribution in [0.2, 0.25) is 5.02 Å². The Balaban J connectivity index is 1.41. The molecule has 1 fully saturated rings. The van der Waals surface area contributed by atoms with Crippen LogP contribution in [-0.4, -0.2) is 32.7 Å². The largest absolute Gasteiger partial charge is 0.349 e. The number of para-hydroxylation sites is 3. The SMILES string of the molecule is S=C(Nc1ccccc1Cl)N1CCC(n2cnc3ccccc32)CC1. The third-order valence-corrected chi connectivity index (χ3v) is 5.43. The summed E-state index contributed by atoms with van der Waals surface area (Å²) in [5.41, 5.74) is 3.12. The number of likely N-dealkylation sites (tertiary alicyclic amines) is 1. The summed E-state index contributed by atoms with van der Waals surface area (Å²) in [6, 6.07) is 16.4. The monoisotopic (exact) mass is 370 g/mol. The van der Waals surface area contributed by atoms with Crippen molar-refractivity contribution in [1.82, 2.24) is 14.5 Å². The molecule has 1 saturated heterocycles. The van der Waals surface area contributed by atoms with E-state index in [4.69, 9.17) is 23.8 Å². The molecule has 0 atom stereocenters. The maximum atomic E-state index is 6.20. The number of imidazole rings is 1. The molecule has 4 rings (SSSR count). The van der Waals surface area contributed by atoms with Crippen LogP contribution >= 0.6 is 23.8 Å². The third kappa shape index (κ3) is 3.34. The van der Waals surface area contributed by atoms with E-state index >= 15 is 0 Å². The second kappa shape index (κ2) is 7.02. The lowest BCUT2D eigenvalue weighted by atomic mass is 10.0. The molecule has 0 bridgehead atoms. The van der Waals surface area contributed by atoms with Crippen LogP contribution in [0.5, 0.6) is 0 Å². The van der Waals surface area contributed by atoms with Crippen LogP contribution in [0.1, 0.15) is 18.9 Å². The van der Waals surface area contributed by atoms with E-state index < -0.39 is 0 Å². The number of nitrogens with one attached hydrogen (secondary N) is 1. The highest BCUT2D eigenvalue weighted by Crippen LogP contribution is 2.27. The lowest BCUT2D eigenvalue weighted by Crippen LogP contribution is -2.41. The van der Waals surface area contributed by atoms with E-state index in [0.29, 0.717) is 11.1 Å². The fourth-order valence-electron chi connectivity index (χ4n) is 3.37. The zero-order valence-corrected chi connectivity index (χ0v) is 15.3. The first-order chi connectivity index (χ1) is 12.2. The van der Waals surface area contributed by atoms with Crippen molar-refractivity contribution in [2.45, 2.75) is 18.9 Å². The van der Waals surface area contributed by atoms with E-state index in [0.717, 1.165) is 42.2 Å². The Morgan fingerprint density at radius 2 is 1.80 bits per heavy atom. The van der Waals surface area contributed by atoms with Gasteiger partial charge in [0.15, 0.2) is 5.11 Å². The normalized spacial score (nSPS) is 15.5. The maximum Gasteiger partial charge on any atom is 0.173 e. The summed E-state index contributed by atoms with van der Waals surface area (Å²) < 4.78 is 2.30. The quantitative estimate of drug-likeness (QED) is 0.661. The highest BCUT2D eigenvalue weighted by Gasteiger charge is 2.23. The standard InChI is InChI=1S/C19H19ClN4S/c20-15-5-1-2-6-16(15)22-19(25)23-11-9-14(10-12-23)24-13-21-17-7-3-4-8-18(17)24/h1-8,13-14H,9-12H2,(H,22,25). The van der Waals surface area contributed by atoms with E-state index in [1.807, 2.05) is 36.7 Å². The number of benzene rings is 2. The molecule has 0 amide bonds. The molecule has 1 aliphatic rings. The first kappa shape index (κ1) is 16.4. The van der Waals surface area contributed by atoms with Gasteiger partial charge in [-0.2, -0.15) is 0 Å². The zero-order valence-electron chi connectivity index (χ0n) is 13.7. The average molecular weight is 371 g/mol. The summed E-state index contributed by atoms with van der Waals surface area (Å²) in [5, 5.41) is 4.69. The van der Waals surface area contributed by atoms with Gasteiger partial charge in [-0.05, 0) is 49.3 Å². The van der Waals surface area contributed by atoms with E-state index in [1.54, 1.807) is 0 Å². The van der Waals surface area contributed by atoms with Crippen LogP contribution < -0.4 is 5.32 Å². The third-order valence-electron chi connectivity index (χ3n) is 4.74. The van der Waals surface area contributed by atoms with Crippen LogP contribution in [0.4, 0.5) is 5.69 Å². The van der Waals surface area contributed by atoms with Crippen LogP contribution in [0.3, 0.4) is 0 Å². The summed E-state index contributed by atoms with van der Waals surface area (Å²) in [4.78, 5) is 6.73. The Kier molecular flexibility index (Phi) is 4.59. The van der Waals surface area contributed by atoms with Gasteiger partial charge in [-0.25, -0.2) is 4.98 Å². The second-order valence-electron chi connectivity index (χ2n) is 6.27. The highest BCUT2D eigenvalue weighted by atomic mass is 35.5. The van der Waals surface area contributed by atoms with Crippen LogP contribution in [0.25, 0.3) is 11.0 Å². The number of halogens is 1. The topological polar surface area (TPSA) is 33.1 Å². The molecule has 6 heteroatoms. The molecule has 1 aliphatic heterocycles. The van der Waals surface area contributed by atoms with E-state index in [9.17, 15) is 0 Å². The van der Waals surface area contributed by atoms with E-state index in [-0.39, 0.29) is 0 Å². The molecule has 2 heterocycles. The van der Waals surface area contributed by atoms with Gasteiger partial charge in [-0.1, -0.05) is 35.9 Å². The average Bonchev–Trinajstić information content (AvgIpc) is 3.08. The molecule has 0 saturated carbocycles.